The molecule has 2 aromatic rings. The van der Waals surface area contributed by atoms with E-state index in [0.29, 0.717) is 24.0 Å². The molecule has 154 valence electrons. The van der Waals surface area contributed by atoms with Crippen LogP contribution in [0.1, 0.15) is 33.1 Å². The average Bonchev–Trinajstić information content (AvgIpc) is 2.67. The van der Waals surface area contributed by atoms with Gasteiger partial charge >= 0.3 is 0 Å². The van der Waals surface area contributed by atoms with Gasteiger partial charge in [-0.05, 0) is 45.1 Å². The maximum absolute atomic E-state index is 10.7. The lowest BCUT2D eigenvalue weighted by Gasteiger charge is -2.33. The first kappa shape index (κ1) is 20.8. The Balaban J connectivity index is 1.77. The number of hydrogen-bond donors (Lipinski definition) is 2. The zero-order chi connectivity index (χ0) is 20.1. The fraction of sp³-hybridized carbons (Fsp3) is 0.579. The Hall–Kier alpha value is -1.97. The lowest BCUT2D eigenvalue weighted by Crippen LogP contribution is -2.35. The van der Waals surface area contributed by atoms with Crippen LogP contribution in [0.25, 0.3) is 10.9 Å². The molecule has 2 N–H and O–H groups in total. The van der Waals surface area contributed by atoms with Gasteiger partial charge in [0.05, 0.1) is 18.7 Å². The zero-order valence-electron chi connectivity index (χ0n) is 16.6. The fourth-order valence-corrected chi connectivity index (χ4v) is 3.88. The number of aromatic nitrogens is 2. The van der Waals surface area contributed by atoms with Gasteiger partial charge in [0.1, 0.15) is 12.1 Å². The Morgan fingerprint density at radius 3 is 2.68 bits per heavy atom. The molecule has 1 fully saturated rings. The molecule has 0 amide bonds. The monoisotopic (exact) mass is 408 g/mol. The van der Waals surface area contributed by atoms with Crippen LogP contribution >= 0.6 is 0 Å². The summed E-state index contributed by atoms with van der Waals surface area (Å²) in [6, 6.07) is 3.86. The second kappa shape index (κ2) is 9.49. The Morgan fingerprint density at radius 1 is 1.29 bits per heavy atom. The van der Waals surface area contributed by atoms with E-state index in [1.807, 2.05) is 26.0 Å². The first-order valence-corrected chi connectivity index (χ1v) is 10.7. The average molecular weight is 409 g/mol. The molecule has 9 heteroatoms. The summed E-state index contributed by atoms with van der Waals surface area (Å²) < 4.78 is 33.4. The van der Waals surface area contributed by atoms with Crippen molar-refractivity contribution in [3.05, 3.63) is 18.5 Å². The van der Waals surface area contributed by atoms with Crippen LogP contribution in [0.15, 0.2) is 18.5 Å². The van der Waals surface area contributed by atoms with Crippen LogP contribution in [-0.2, 0) is 11.3 Å². The molecular formula is C19H28N4O4S. The molecular weight excluding hydrogens is 380 g/mol. The standard InChI is InChI=1S/C19H28N4O4S/c1-13(2)27-18-10-15-16(11-17(18)26-3)20-12-21-19(15)23-8-5-14(6-9-23)4-7-22-28(24)25/h10-14,22H,4-9H2,1-3H3,(H,24,25). The third-order valence-corrected chi connectivity index (χ3v) is 5.41. The van der Waals surface area contributed by atoms with E-state index in [9.17, 15) is 4.21 Å². The van der Waals surface area contributed by atoms with E-state index in [4.69, 9.17) is 14.0 Å². The van der Waals surface area contributed by atoms with Crippen LogP contribution in [0.5, 0.6) is 11.5 Å². The largest absolute Gasteiger partial charge is 0.493 e. The summed E-state index contributed by atoms with van der Waals surface area (Å²) in [4.78, 5) is 11.2. The van der Waals surface area contributed by atoms with Crippen molar-refractivity contribution < 1.29 is 18.2 Å². The minimum atomic E-state index is -1.93. The summed E-state index contributed by atoms with van der Waals surface area (Å²) >= 11 is -1.93. The highest BCUT2D eigenvalue weighted by Gasteiger charge is 2.22. The molecule has 0 bridgehead atoms. The Kier molecular flexibility index (Phi) is 7.03. The molecule has 1 aromatic carbocycles. The number of fused-ring (bicyclic) bond motifs is 1. The van der Waals surface area contributed by atoms with Crippen molar-refractivity contribution in [3.8, 4) is 11.5 Å². The first-order valence-electron chi connectivity index (χ1n) is 9.56. The number of hydrogen-bond acceptors (Lipinski definition) is 6. The second-order valence-electron chi connectivity index (χ2n) is 7.25. The molecule has 1 aromatic heterocycles. The molecule has 1 unspecified atom stereocenters. The highest BCUT2D eigenvalue weighted by atomic mass is 32.2. The van der Waals surface area contributed by atoms with Crippen molar-refractivity contribution in [1.29, 1.82) is 0 Å². The number of nitrogens with zero attached hydrogens (tertiary/aromatic N) is 3. The number of benzene rings is 1. The van der Waals surface area contributed by atoms with Crippen molar-refractivity contribution in [2.75, 3.05) is 31.6 Å². The van der Waals surface area contributed by atoms with E-state index in [2.05, 4.69) is 19.6 Å². The lowest BCUT2D eigenvalue weighted by atomic mass is 9.93. The lowest BCUT2D eigenvalue weighted by molar-refractivity contribution is 0.230. The number of methoxy groups -OCH3 is 1. The second-order valence-corrected chi connectivity index (χ2v) is 8.03. The summed E-state index contributed by atoms with van der Waals surface area (Å²) in [5, 5.41) is 0.953. The molecule has 1 aliphatic rings. The molecule has 0 saturated carbocycles. The van der Waals surface area contributed by atoms with E-state index in [-0.39, 0.29) is 6.10 Å². The van der Waals surface area contributed by atoms with Crippen LogP contribution in [0.3, 0.4) is 0 Å². The number of piperidine rings is 1. The zero-order valence-corrected chi connectivity index (χ0v) is 17.4. The number of rotatable bonds is 8. The third-order valence-electron chi connectivity index (χ3n) is 4.95. The predicted molar refractivity (Wildman–Crippen MR) is 110 cm³/mol. The number of anilines is 1. The number of nitrogens with one attached hydrogen (secondary N) is 1. The van der Waals surface area contributed by atoms with E-state index < -0.39 is 11.3 Å². The maximum Gasteiger partial charge on any atom is 0.231 e. The van der Waals surface area contributed by atoms with E-state index >= 15 is 0 Å². The van der Waals surface area contributed by atoms with Crippen molar-refractivity contribution in [1.82, 2.24) is 14.7 Å². The van der Waals surface area contributed by atoms with E-state index in [1.165, 1.54) is 0 Å². The van der Waals surface area contributed by atoms with Gasteiger partial charge in [0.25, 0.3) is 0 Å². The quantitative estimate of drug-likeness (QED) is 0.648. The van der Waals surface area contributed by atoms with Gasteiger partial charge in [0.2, 0.25) is 11.3 Å². The Morgan fingerprint density at radius 2 is 2.04 bits per heavy atom. The molecule has 1 atom stereocenters. The first-order chi connectivity index (χ1) is 13.5. The summed E-state index contributed by atoms with van der Waals surface area (Å²) in [6.45, 7) is 6.31. The topological polar surface area (TPSA) is 96.8 Å². The summed E-state index contributed by atoms with van der Waals surface area (Å²) in [7, 11) is 1.63. The predicted octanol–water partition coefficient (Wildman–Crippen LogP) is 2.76. The molecule has 2 heterocycles. The van der Waals surface area contributed by atoms with E-state index in [0.717, 1.165) is 49.1 Å². The van der Waals surface area contributed by atoms with Crippen molar-refractivity contribution in [2.24, 2.45) is 5.92 Å². The minimum Gasteiger partial charge on any atom is -0.493 e. The third kappa shape index (κ3) is 5.09. The molecule has 1 saturated heterocycles. The van der Waals surface area contributed by atoms with E-state index in [1.54, 1.807) is 13.4 Å². The van der Waals surface area contributed by atoms with Crippen LogP contribution in [-0.4, -0.2) is 51.6 Å². The molecule has 0 spiro atoms. The molecule has 0 aliphatic carbocycles. The normalized spacial score (nSPS) is 16.5. The highest BCUT2D eigenvalue weighted by molar-refractivity contribution is 7.77. The molecule has 3 rings (SSSR count). The minimum absolute atomic E-state index is 0.0389. The van der Waals surface area contributed by atoms with Gasteiger partial charge in [-0.2, -0.15) is 0 Å². The van der Waals surface area contributed by atoms with Crippen molar-refractivity contribution in [3.63, 3.8) is 0 Å². The van der Waals surface area contributed by atoms with Gasteiger partial charge in [0.15, 0.2) is 11.5 Å². The van der Waals surface area contributed by atoms with Gasteiger partial charge in [-0.1, -0.05) is 0 Å². The Bertz CT molecular complexity index is 825. The van der Waals surface area contributed by atoms with Crippen LogP contribution in [0, 0.1) is 5.92 Å². The van der Waals surface area contributed by atoms with Crippen molar-refractivity contribution >= 4 is 28.0 Å². The smallest absolute Gasteiger partial charge is 0.231 e. The van der Waals surface area contributed by atoms with Gasteiger partial charge < -0.3 is 14.4 Å². The van der Waals surface area contributed by atoms with Crippen LogP contribution in [0.4, 0.5) is 5.82 Å². The van der Waals surface area contributed by atoms with Gasteiger partial charge in [0, 0.05) is 31.1 Å². The van der Waals surface area contributed by atoms with Gasteiger partial charge in [-0.25, -0.2) is 18.9 Å². The van der Waals surface area contributed by atoms with Crippen molar-refractivity contribution in [2.45, 2.75) is 39.2 Å². The fourth-order valence-electron chi connectivity index (χ4n) is 3.59. The number of ether oxygens (including phenoxy) is 2. The highest BCUT2D eigenvalue weighted by Crippen LogP contribution is 2.36. The molecule has 1 aliphatic heterocycles. The SMILES string of the molecule is COc1cc2ncnc(N3CCC(CCNS(=O)O)CC3)c2cc1OC(C)C. The molecule has 8 nitrogen and oxygen atoms in total. The van der Waals surface area contributed by atoms with Gasteiger partial charge in [-0.15, -0.1) is 0 Å². The Labute approximate surface area is 168 Å². The maximum atomic E-state index is 10.7. The van der Waals surface area contributed by atoms with Crippen LogP contribution < -0.4 is 19.1 Å². The van der Waals surface area contributed by atoms with Crippen LogP contribution in [0.2, 0.25) is 0 Å². The summed E-state index contributed by atoms with van der Waals surface area (Å²) in [5.41, 5.74) is 0.828. The molecule has 0 radical (unpaired) electrons. The molecule has 28 heavy (non-hydrogen) atoms. The summed E-state index contributed by atoms with van der Waals surface area (Å²) in [6.07, 6.45) is 4.58. The van der Waals surface area contributed by atoms with Gasteiger partial charge in [-0.3, -0.25) is 4.55 Å². The summed E-state index contributed by atoms with van der Waals surface area (Å²) in [5.74, 6) is 2.81.